The van der Waals surface area contributed by atoms with Gasteiger partial charge in [0, 0.05) is 19.2 Å². The molecule has 0 aliphatic carbocycles. The molecule has 2 rings (SSSR count). The van der Waals surface area contributed by atoms with Crippen LogP contribution in [0.3, 0.4) is 0 Å². The molecular formula is C14H19N3O3. The molecule has 20 heavy (non-hydrogen) atoms. The van der Waals surface area contributed by atoms with E-state index in [2.05, 4.69) is 10.3 Å². The van der Waals surface area contributed by atoms with E-state index < -0.39 is 0 Å². The average molecular weight is 277 g/mol. The fraction of sp³-hybridized carbons (Fsp3) is 0.429. The van der Waals surface area contributed by atoms with Crippen LogP contribution in [0.15, 0.2) is 23.0 Å². The van der Waals surface area contributed by atoms with Crippen LogP contribution in [-0.4, -0.2) is 33.2 Å². The number of aliphatic hydroxyl groups is 1. The quantitative estimate of drug-likeness (QED) is 0.754. The highest BCUT2D eigenvalue weighted by Crippen LogP contribution is 2.11. The van der Waals surface area contributed by atoms with Gasteiger partial charge in [-0.1, -0.05) is 6.92 Å². The van der Waals surface area contributed by atoms with Crippen LogP contribution in [0.1, 0.15) is 30.1 Å². The molecule has 0 aliphatic heterocycles. The summed E-state index contributed by atoms with van der Waals surface area (Å²) in [6.45, 7) is 2.32. The Morgan fingerprint density at radius 3 is 2.95 bits per heavy atom. The van der Waals surface area contributed by atoms with E-state index in [1.165, 1.54) is 4.57 Å². The zero-order valence-electron chi connectivity index (χ0n) is 11.6. The smallest absolute Gasteiger partial charge is 0.326 e. The van der Waals surface area contributed by atoms with Gasteiger partial charge in [0.2, 0.25) is 0 Å². The summed E-state index contributed by atoms with van der Waals surface area (Å²) in [6.07, 6.45) is 0.822. The summed E-state index contributed by atoms with van der Waals surface area (Å²) < 4.78 is 1.49. The Labute approximate surface area is 116 Å². The largest absolute Gasteiger partial charge is 0.393 e. The third-order valence-electron chi connectivity index (χ3n) is 3.40. The van der Waals surface area contributed by atoms with E-state index >= 15 is 0 Å². The zero-order valence-corrected chi connectivity index (χ0v) is 11.6. The molecule has 1 unspecified atom stereocenters. The summed E-state index contributed by atoms with van der Waals surface area (Å²) in [6, 6.07) is 5.08. The maximum Gasteiger partial charge on any atom is 0.326 e. The minimum absolute atomic E-state index is 0.205. The van der Waals surface area contributed by atoms with E-state index in [0.717, 1.165) is 5.52 Å². The predicted octanol–water partition coefficient (Wildman–Crippen LogP) is 0.757. The fourth-order valence-electron chi connectivity index (χ4n) is 2.04. The first-order chi connectivity index (χ1) is 9.52. The van der Waals surface area contributed by atoms with Gasteiger partial charge in [0.25, 0.3) is 5.91 Å². The van der Waals surface area contributed by atoms with Crippen molar-refractivity contribution in [2.24, 2.45) is 7.05 Å². The van der Waals surface area contributed by atoms with E-state index in [1.807, 2.05) is 6.92 Å². The van der Waals surface area contributed by atoms with E-state index in [1.54, 1.807) is 25.2 Å². The average Bonchev–Trinajstić information content (AvgIpc) is 2.73. The Morgan fingerprint density at radius 1 is 1.50 bits per heavy atom. The van der Waals surface area contributed by atoms with Gasteiger partial charge >= 0.3 is 5.69 Å². The summed E-state index contributed by atoms with van der Waals surface area (Å²) in [7, 11) is 1.67. The van der Waals surface area contributed by atoms with E-state index in [4.69, 9.17) is 0 Å². The first kappa shape index (κ1) is 14.3. The maximum absolute atomic E-state index is 12.0. The third kappa shape index (κ3) is 2.91. The highest BCUT2D eigenvalue weighted by molar-refractivity contribution is 5.97. The molecule has 3 N–H and O–H groups in total. The maximum atomic E-state index is 12.0. The molecule has 1 aromatic heterocycles. The van der Waals surface area contributed by atoms with Crippen LogP contribution < -0.4 is 11.0 Å². The van der Waals surface area contributed by atoms with E-state index in [0.29, 0.717) is 30.5 Å². The molecular weight excluding hydrogens is 258 g/mol. The molecule has 0 aliphatic rings. The summed E-state index contributed by atoms with van der Waals surface area (Å²) in [4.78, 5) is 26.1. The molecule has 108 valence electrons. The second kappa shape index (κ2) is 5.92. The fourth-order valence-corrected chi connectivity index (χ4v) is 2.04. The molecule has 0 radical (unpaired) electrons. The summed E-state index contributed by atoms with van der Waals surface area (Å²) in [5, 5.41) is 12.2. The molecule has 0 bridgehead atoms. The number of hydrogen-bond donors (Lipinski definition) is 3. The SMILES string of the molecule is CCC(O)CCNC(=O)c1ccc2c(c1)[nH]c(=O)n2C. The van der Waals surface area contributed by atoms with Crippen LogP contribution >= 0.6 is 0 Å². The van der Waals surface area contributed by atoms with Gasteiger partial charge in [-0.2, -0.15) is 0 Å². The lowest BCUT2D eigenvalue weighted by Crippen LogP contribution is -2.26. The number of aliphatic hydroxyl groups excluding tert-OH is 1. The number of hydrogen-bond acceptors (Lipinski definition) is 3. The first-order valence-corrected chi connectivity index (χ1v) is 6.68. The van der Waals surface area contributed by atoms with Crippen molar-refractivity contribution in [3.8, 4) is 0 Å². The number of H-pyrrole nitrogens is 1. The van der Waals surface area contributed by atoms with Crippen LogP contribution in [0, 0.1) is 0 Å². The second-order valence-corrected chi connectivity index (χ2v) is 4.83. The van der Waals surface area contributed by atoms with Crippen molar-refractivity contribution in [1.29, 1.82) is 0 Å². The Bertz CT molecular complexity index is 672. The Kier molecular flexibility index (Phi) is 4.24. The van der Waals surface area contributed by atoms with Crippen LogP contribution in [0.25, 0.3) is 11.0 Å². The monoisotopic (exact) mass is 277 g/mol. The number of aryl methyl sites for hydroxylation is 1. The number of rotatable bonds is 5. The molecule has 2 aromatic rings. The second-order valence-electron chi connectivity index (χ2n) is 4.83. The zero-order chi connectivity index (χ0) is 14.7. The summed E-state index contributed by atoms with van der Waals surface area (Å²) >= 11 is 0. The number of amides is 1. The van der Waals surface area contributed by atoms with Gasteiger partial charge in [-0.25, -0.2) is 4.79 Å². The molecule has 0 saturated heterocycles. The normalized spacial score (nSPS) is 12.6. The molecule has 1 aromatic carbocycles. The number of imidazole rings is 1. The van der Waals surface area contributed by atoms with Gasteiger partial charge < -0.3 is 15.4 Å². The van der Waals surface area contributed by atoms with Gasteiger partial charge in [0.1, 0.15) is 0 Å². The van der Waals surface area contributed by atoms with Crippen molar-refractivity contribution < 1.29 is 9.90 Å². The lowest BCUT2D eigenvalue weighted by atomic mass is 10.1. The predicted molar refractivity (Wildman–Crippen MR) is 76.8 cm³/mol. The molecule has 6 nitrogen and oxygen atoms in total. The summed E-state index contributed by atoms with van der Waals surface area (Å²) in [5.74, 6) is -0.208. The topological polar surface area (TPSA) is 87.1 Å². The Hall–Kier alpha value is -2.08. The minimum atomic E-state index is -0.386. The van der Waals surface area contributed by atoms with Gasteiger partial charge in [0.05, 0.1) is 17.1 Å². The molecule has 6 heteroatoms. The summed E-state index contributed by atoms with van der Waals surface area (Å²) in [5.41, 5.74) is 1.68. The highest BCUT2D eigenvalue weighted by Gasteiger charge is 2.09. The standard InChI is InChI=1S/C14H19N3O3/c1-3-10(18)6-7-15-13(19)9-4-5-12-11(8-9)16-14(20)17(12)2/h4-5,8,10,18H,3,6-7H2,1-2H3,(H,15,19)(H,16,20). The van der Waals surface area contributed by atoms with Crippen LogP contribution in [0.5, 0.6) is 0 Å². The number of carbonyl (C=O) groups excluding carboxylic acids is 1. The number of fused-ring (bicyclic) bond motifs is 1. The number of nitrogens with one attached hydrogen (secondary N) is 2. The molecule has 1 heterocycles. The first-order valence-electron chi connectivity index (χ1n) is 6.68. The highest BCUT2D eigenvalue weighted by atomic mass is 16.3. The Morgan fingerprint density at radius 2 is 2.25 bits per heavy atom. The van der Waals surface area contributed by atoms with Crippen LogP contribution in [0.4, 0.5) is 0 Å². The molecule has 1 amide bonds. The number of aromatic amines is 1. The van der Waals surface area contributed by atoms with Crippen LogP contribution in [-0.2, 0) is 7.05 Å². The van der Waals surface area contributed by atoms with Crippen molar-refractivity contribution in [1.82, 2.24) is 14.9 Å². The lowest BCUT2D eigenvalue weighted by molar-refractivity contribution is 0.0942. The van der Waals surface area contributed by atoms with Crippen molar-refractivity contribution in [3.63, 3.8) is 0 Å². The minimum Gasteiger partial charge on any atom is -0.393 e. The van der Waals surface area contributed by atoms with Crippen molar-refractivity contribution >= 4 is 16.9 Å². The number of aromatic nitrogens is 2. The molecule has 0 saturated carbocycles. The van der Waals surface area contributed by atoms with E-state index in [9.17, 15) is 14.7 Å². The van der Waals surface area contributed by atoms with Crippen molar-refractivity contribution in [3.05, 3.63) is 34.2 Å². The molecule has 1 atom stereocenters. The van der Waals surface area contributed by atoms with Gasteiger partial charge in [0.15, 0.2) is 0 Å². The van der Waals surface area contributed by atoms with Gasteiger partial charge in [-0.05, 0) is 31.0 Å². The van der Waals surface area contributed by atoms with Gasteiger partial charge in [-0.15, -0.1) is 0 Å². The van der Waals surface area contributed by atoms with Crippen LogP contribution in [0.2, 0.25) is 0 Å². The van der Waals surface area contributed by atoms with Crippen molar-refractivity contribution in [2.75, 3.05) is 6.54 Å². The number of carbonyl (C=O) groups is 1. The van der Waals surface area contributed by atoms with Crippen molar-refractivity contribution in [2.45, 2.75) is 25.9 Å². The third-order valence-corrected chi connectivity index (χ3v) is 3.40. The van der Waals surface area contributed by atoms with E-state index in [-0.39, 0.29) is 17.7 Å². The number of nitrogens with zero attached hydrogens (tertiary/aromatic N) is 1. The lowest BCUT2D eigenvalue weighted by Gasteiger charge is -2.09. The number of benzene rings is 1. The Balaban J connectivity index is 2.09. The van der Waals surface area contributed by atoms with Gasteiger partial charge in [-0.3, -0.25) is 9.36 Å². The molecule has 0 fully saturated rings. The molecule has 0 spiro atoms.